The molecule has 0 heterocycles. The van der Waals surface area contributed by atoms with Crippen LogP contribution in [0.3, 0.4) is 0 Å². The average Bonchev–Trinajstić information content (AvgIpc) is 1.72. The molecule has 10 nitrogen and oxygen atoms in total. The summed E-state index contributed by atoms with van der Waals surface area (Å²) in [5.41, 5.74) is 9.15. The Bertz CT molecular complexity index is 3060. The highest BCUT2D eigenvalue weighted by atomic mass is 79.9. The summed E-state index contributed by atoms with van der Waals surface area (Å²) in [5.74, 6) is 3.68. The summed E-state index contributed by atoms with van der Waals surface area (Å²) < 4.78 is 37.0. The van der Waals surface area contributed by atoms with Crippen molar-refractivity contribution in [2.24, 2.45) is 21.8 Å². The highest BCUT2D eigenvalue weighted by Gasteiger charge is 2.13. The van der Waals surface area contributed by atoms with E-state index in [-0.39, 0.29) is 11.9 Å². The van der Waals surface area contributed by atoms with Gasteiger partial charge in [-0.2, -0.15) is 0 Å². The van der Waals surface area contributed by atoms with E-state index in [9.17, 15) is 9.59 Å². The van der Waals surface area contributed by atoms with Crippen molar-refractivity contribution in [2.75, 3.05) is 39.6 Å². The van der Waals surface area contributed by atoms with E-state index in [2.05, 4.69) is 83.8 Å². The van der Waals surface area contributed by atoms with E-state index in [0.717, 1.165) is 128 Å². The Morgan fingerprint density at radius 3 is 0.946 bits per heavy atom. The van der Waals surface area contributed by atoms with Gasteiger partial charge in [-0.3, -0.25) is 9.98 Å². The zero-order valence-corrected chi connectivity index (χ0v) is 58.2. The molecule has 0 fully saturated rings. The molecule has 7 rings (SSSR count). The van der Waals surface area contributed by atoms with E-state index < -0.39 is 0 Å². The predicted octanol–water partition coefficient (Wildman–Crippen LogP) is 23.2. The van der Waals surface area contributed by atoms with Gasteiger partial charge >= 0.3 is 11.9 Å². The first-order valence-electron chi connectivity index (χ1n) is 34.1. The van der Waals surface area contributed by atoms with Gasteiger partial charge in [-0.1, -0.05) is 192 Å². The molecule has 0 N–H and O–H groups in total. The fraction of sp³-hybridized carbons (Fsp3) is 0.425. The number of carbonyl (C=O) groups is 2. The maximum absolute atomic E-state index is 12.4. The summed E-state index contributed by atoms with van der Waals surface area (Å²) in [4.78, 5) is 34.1. The molecule has 0 saturated heterocycles. The van der Waals surface area contributed by atoms with E-state index >= 15 is 0 Å². The van der Waals surface area contributed by atoms with E-state index in [1.807, 2.05) is 146 Å². The van der Waals surface area contributed by atoms with Crippen LogP contribution in [0.5, 0.6) is 23.0 Å². The van der Waals surface area contributed by atoms with Crippen LogP contribution in [0.1, 0.15) is 201 Å². The van der Waals surface area contributed by atoms with Gasteiger partial charge < -0.3 is 28.4 Å². The summed E-state index contributed by atoms with van der Waals surface area (Å²) >= 11 is 7.41. The lowest BCUT2D eigenvalue weighted by atomic mass is 10.0. The summed E-state index contributed by atoms with van der Waals surface area (Å²) in [5, 5.41) is 0. The largest absolute Gasteiger partial charge is 0.494 e. The van der Waals surface area contributed by atoms with Crippen LogP contribution in [0.4, 0.5) is 11.4 Å². The van der Waals surface area contributed by atoms with Crippen molar-refractivity contribution in [1.29, 1.82) is 0 Å². The third kappa shape index (κ3) is 27.3. The van der Waals surface area contributed by atoms with Gasteiger partial charge in [0.1, 0.15) is 23.0 Å². The van der Waals surface area contributed by atoms with Crippen LogP contribution < -0.4 is 18.9 Å². The number of aliphatic imine (C=N–C) groups is 2. The molecule has 12 heteroatoms. The Morgan fingerprint density at radius 2 is 0.652 bits per heavy atom. The van der Waals surface area contributed by atoms with Crippen LogP contribution in [0.25, 0.3) is 22.3 Å². The lowest BCUT2D eigenvalue weighted by Crippen LogP contribution is -2.11. The minimum atomic E-state index is -0.267. The molecule has 0 spiro atoms. The molecule has 0 aliphatic carbocycles. The van der Waals surface area contributed by atoms with Crippen LogP contribution in [0, 0.1) is 11.8 Å². The minimum absolute atomic E-state index is 0.267. The molecule has 7 aromatic carbocycles. The monoisotopic (exact) mass is 1370 g/mol. The first-order chi connectivity index (χ1) is 45.0. The number of carbonyl (C=O) groups excluding carboxylic acids is 2. The number of rotatable bonds is 44. The van der Waals surface area contributed by atoms with Crippen molar-refractivity contribution in [3.8, 4) is 45.3 Å². The van der Waals surface area contributed by atoms with E-state index in [0.29, 0.717) is 49.4 Å². The number of unbranched alkanes of at least 4 members (excludes halogenated alkanes) is 18. The van der Waals surface area contributed by atoms with Crippen molar-refractivity contribution in [1.82, 2.24) is 0 Å². The first kappa shape index (κ1) is 72.4. The number of ether oxygens (including phenoxy) is 6. The van der Waals surface area contributed by atoms with Crippen molar-refractivity contribution in [3.63, 3.8) is 0 Å². The third-order valence-electron chi connectivity index (χ3n) is 16.6. The molecule has 0 aromatic heterocycles. The Hall–Kier alpha value is -7.02. The molecule has 2 atom stereocenters. The molecular weight excluding hydrogens is 1280 g/mol. The maximum atomic E-state index is 12.4. The van der Waals surface area contributed by atoms with Gasteiger partial charge in [0.25, 0.3) is 0 Å². The molecule has 0 radical (unpaired) electrons. The standard InChI is InChI=1S/C80H98Br2N2O8/c1-5-61(3)59-91-79(85)69-33-29-65(30-34-69)67-37-45-73(46-38-67)87-51-23-19-15-11-7-9-13-17-21-25-53-89-77-49-27-63(55-75(77)81)57-83-71-41-43-72(44-42-71)84-58-64-28-50-78(76(82)56-64)90-54-26-22-18-14-10-8-12-16-20-24-52-88-74-47-39-68(40-48-74)66-31-35-70(36-32-66)80(86)92-60-62(4)6-2/h27-50,55-58,61-62H,5-26,51-54,59-60H2,1-4H3/t61-,62-/m0/s1. The Morgan fingerprint density at radius 1 is 0.370 bits per heavy atom. The maximum Gasteiger partial charge on any atom is 0.338 e. The van der Waals surface area contributed by atoms with Crippen molar-refractivity contribution in [2.45, 2.75) is 169 Å². The average molecular weight is 1380 g/mol. The lowest BCUT2D eigenvalue weighted by molar-refractivity contribution is 0.0438. The zero-order valence-electron chi connectivity index (χ0n) is 55.0. The van der Waals surface area contributed by atoms with E-state index in [1.165, 1.54) is 103 Å². The number of esters is 2. The molecule has 92 heavy (non-hydrogen) atoms. The molecule has 0 aliphatic rings. The van der Waals surface area contributed by atoms with Gasteiger partial charge in [0, 0.05) is 12.4 Å². The summed E-state index contributed by atoms with van der Waals surface area (Å²) in [6, 6.07) is 51.7. The van der Waals surface area contributed by atoms with Crippen LogP contribution in [-0.2, 0) is 9.47 Å². The molecule has 0 bridgehead atoms. The van der Waals surface area contributed by atoms with Gasteiger partial charge in [-0.05, 0) is 212 Å². The van der Waals surface area contributed by atoms with E-state index in [1.54, 1.807) is 0 Å². The number of nitrogens with zero attached hydrogens (tertiary/aromatic N) is 2. The topological polar surface area (TPSA) is 114 Å². The molecule has 490 valence electrons. The fourth-order valence-corrected chi connectivity index (χ4v) is 11.3. The van der Waals surface area contributed by atoms with Crippen molar-refractivity contribution in [3.05, 3.63) is 189 Å². The second-order valence-electron chi connectivity index (χ2n) is 24.3. The van der Waals surface area contributed by atoms with Gasteiger partial charge in [0.15, 0.2) is 0 Å². The molecule has 0 aliphatic heterocycles. The molecule has 0 amide bonds. The Labute approximate surface area is 566 Å². The van der Waals surface area contributed by atoms with Crippen molar-refractivity contribution < 1.29 is 38.0 Å². The number of hydrogen-bond donors (Lipinski definition) is 0. The number of benzene rings is 7. The van der Waals surface area contributed by atoms with Gasteiger partial charge in [0.2, 0.25) is 0 Å². The summed E-state index contributed by atoms with van der Waals surface area (Å²) in [6.07, 6.45) is 29.9. The molecule has 0 unspecified atom stereocenters. The number of halogens is 2. The zero-order chi connectivity index (χ0) is 64.8. The van der Waals surface area contributed by atoms with E-state index in [4.69, 9.17) is 38.4 Å². The van der Waals surface area contributed by atoms with Gasteiger partial charge in [0.05, 0.1) is 71.1 Å². The summed E-state index contributed by atoms with van der Waals surface area (Å²) in [7, 11) is 0. The quantitative estimate of drug-likeness (QED) is 0.0211. The Balaban J connectivity index is 0.642. The van der Waals surface area contributed by atoms with Gasteiger partial charge in [-0.25, -0.2) is 9.59 Å². The SMILES string of the molecule is CC[C@H](C)COC(=O)c1ccc(-c2ccc(OCCCCCCCCCCCCOc3ccc(C=Nc4ccc(N=Cc5ccc(OCCCCCCCCCCCCOc6ccc(-c7ccc(C(=O)OC[C@@H](C)CC)cc7)cc6)c(Br)c5)cc4)cc3Br)cc2)cc1. The molecular formula is C80H98Br2N2O8. The molecule has 7 aromatic rings. The fourth-order valence-electron chi connectivity index (χ4n) is 10.3. The first-order valence-corrected chi connectivity index (χ1v) is 35.7. The second-order valence-corrected chi connectivity index (χ2v) is 26.0. The summed E-state index contributed by atoms with van der Waals surface area (Å²) in [6.45, 7) is 12.1. The van der Waals surface area contributed by atoms with Crippen LogP contribution in [-0.4, -0.2) is 64.0 Å². The van der Waals surface area contributed by atoms with Crippen LogP contribution >= 0.6 is 31.9 Å². The van der Waals surface area contributed by atoms with Crippen LogP contribution in [0.2, 0.25) is 0 Å². The lowest BCUT2D eigenvalue weighted by Gasteiger charge is -2.10. The molecule has 0 saturated carbocycles. The van der Waals surface area contributed by atoms with Crippen LogP contribution in [0.15, 0.2) is 177 Å². The number of hydrogen-bond acceptors (Lipinski definition) is 10. The Kier molecular flexibility index (Phi) is 33.3. The smallest absolute Gasteiger partial charge is 0.338 e. The normalized spacial score (nSPS) is 12.1. The second kappa shape index (κ2) is 42.3. The van der Waals surface area contributed by atoms with Crippen molar-refractivity contribution >= 4 is 67.6 Å². The predicted molar refractivity (Wildman–Crippen MR) is 387 cm³/mol. The minimum Gasteiger partial charge on any atom is -0.494 e. The van der Waals surface area contributed by atoms with Gasteiger partial charge in [-0.15, -0.1) is 0 Å². The third-order valence-corrected chi connectivity index (χ3v) is 17.9. The highest BCUT2D eigenvalue weighted by Crippen LogP contribution is 2.30. The highest BCUT2D eigenvalue weighted by molar-refractivity contribution is 9.11.